The van der Waals surface area contributed by atoms with E-state index >= 15 is 0 Å². The molecule has 0 saturated carbocycles. The van der Waals surface area contributed by atoms with E-state index in [9.17, 15) is 0 Å². The minimum absolute atomic E-state index is 0.858. The number of aromatic amines is 1. The number of benzene rings is 2. The first-order chi connectivity index (χ1) is 9.92. The van der Waals surface area contributed by atoms with Crippen molar-refractivity contribution in [2.45, 2.75) is 0 Å². The van der Waals surface area contributed by atoms with Crippen LogP contribution in [0.15, 0.2) is 52.9 Å². The Labute approximate surface area is 114 Å². The Morgan fingerprint density at radius 2 is 1.55 bits per heavy atom. The van der Waals surface area contributed by atoms with Crippen LogP contribution in [0.25, 0.3) is 43.7 Å². The molecule has 0 fully saturated rings. The van der Waals surface area contributed by atoms with Crippen LogP contribution in [0.5, 0.6) is 0 Å². The Hall–Kier alpha value is -2.92. The van der Waals surface area contributed by atoms with Crippen LogP contribution < -0.4 is 0 Å². The largest absolute Gasteiger partial charge is 0.453 e. The first kappa shape index (κ1) is 9.94. The number of hydrogen-bond acceptors (Lipinski definition) is 1. The van der Waals surface area contributed by atoms with Crippen molar-refractivity contribution < 1.29 is 4.42 Å². The van der Waals surface area contributed by atoms with E-state index in [1.807, 2.05) is 30.3 Å². The lowest BCUT2D eigenvalue weighted by molar-refractivity contribution is 0.672. The monoisotopic (exact) mass is 255 g/mol. The second-order valence-corrected chi connectivity index (χ2v) is 4.97. The molecule has 0 aliphatic carbocycles. The van der Waals surface area contributed by atoms with Gasteiger partial charge in [-0.3, -0.25) is 0 Å². The predicted molar refractivity (Wildman–Crippen MR) is 80.8 cm³/mol. The molecule has 0 aliphatic heterocycles. The molecule has 2 heteroatoms. The van der Waals surface area contributed by atoms with Crippen molar-refractivity contribution in [3.05, 3.63) is 60.7 Å². The molecule has 20 heavy (non-hydrogen) atoms. The molecule has 3 aromatic carbocycles. The Morgan fingerprint density at radius 1 is 0.800 bits per heavy atom. The number of furan rings is 1. The third-order valence-electron chi connectivity index (χ3n) is 3.84. The second-order valence-electron chi connectivity index (χ2n) is 4.97. The van der Waals surface area contributed by atoms with Crippen LogP contribution in [-0.4, -0.2) is 4.98 Å². The van der Waals surface area contributed by atoms with Gasteiger partial charge in [-0.1, -0.05) is 42.5 Å². The molecule has 0 amide bonds. The molecule has 2 nitrogen and oxygen atoms in total. The van der Waals surface area contributed by atoms with Gasteiger partial charge in [0.1, 0.15) is 5.58 Å². The van der Waals surface area contributed by atoms with E-state index in [1.165, 1.54) is 0 Å². The fourth-order valence-electron chi connectivity index (χ4n) is 2.91. The van der Waals surface area contributed by atoms with Crippen LogP contribution in [0.4, 0.5) is 0 Å². The number of nitrogens with one attached hydrogen (secondary N) is 1. The zero-order valence-electron chi connectivity index (χ0n) is 10.5. The Balaban J connectivity index is 2.10. The Morgan fingerprint density at radius 3 is 2.50 bits per heavy atom. The third kappa shape index (κ3) is 1.10. The average molecular weight is 255 g/mol. The lowest BCUT2D eigenvalue weighted by Gasteiger charge is -1.87. The van der Waals surface area contributed by atoms with E-state index in [0.29, 0.717) is 0 Å². The van der Waals surface area contributed by atoms with E-state index in [1.54, 1.807) is 0 Å². The summed E-state index contributed by atoms with van der Waals surface area (Å²) in [5, 5.41) is 4.26. The second kappa shape index (κ2) is 3.34. The van der Waals surface area contributed by atoms with Gasteiger partial charge in [-0.15, -0.1) is 0 Å². The van der Waals surface area contributed by atoms with Crippen molar-refractivity contribution in [1.29, 1.82) is 0 Å². The number of para-hydroxylation sites is 2. The van der Waals surface area contributed by atoms with Gasteiger partial charge < -0.3 is 9.40 Å². The molecule has 1 N–H and O–H groups in total. The van der Waals surface area contributed by atoms with Crippen molar-refractivity contribution in [3.8, 4) is 0 Å². The molecule has 0 atom stereocenters. The zero-order valence-corrected chi connectivity index (χ0v) is 10.5. The zero-order chi connectivity index (χ0) is 13.1. The fourth-order valence-corrected chi connectivity index (χ4v) is 2.91. The topological polar surface area (TPSA) is 28.9 Å². The van der Waals surface area contributed by atoms with Crippen molar-refractivity contribution in [2.75, 3.05) is 0 Å². The number of aromatic nitrogens is 1. The summed E-state index contributed by atoms with van der Waals surface area (Å²) in [7, 11) is 0. The molecule has 2 heterocycles. The molecule has 92 valence electrons. The van der Waals surface area contributed by atoms with Gasteiger partial charge in [0.05, 0.1) is 16.3 Å². The van der Waals surface area contributed by atoms with Gasteiger partial charge in [-0.05, 0) is 18.2 Å². The number of rotatable bonds is 0. The summed E-state index contributed by atoms with van der Waals surface area (Å²) in [4.78, 5) is 3.44. The maximum atomic E-state index is 6.01. The van der Waals surface area contributed by atoms with Gasteiger partial charge in [0.25, 0.3) is 0 Å². The number of fused-ring (bicyclic) bond motifs is 7. The summed E-state index contributed by atoms with van der Waals surface area (Å²) in [6.07, 6.45) is 0. The van der Waals surface area contributed by atoms with Crippen LogP contribution in [-0.2, 0) is 0 Å². The molecule has 0 bridgehead atoms. The molecule has 0 spiro atoms. The first-order valence-electron chi connectivity index (χ1n) is 6.56. The molecule has 0 aliphatic rings. The van der Waals surface area contributed by atoms with Crippen molar-refractivity contribution in [2.24, 2.45) is 0 Å². The Bertz CT molecular complexity index is 1010. The molecular formula is C18H9NO. The van der Waals surface area contributed by atoms with E-state index in [2.05, 4.69) is 35.3 Å². The number of H-pyrrole nitrogens is 1. The summed E-state index contributed by atoms with van der Waals surface area (Å²) in [6, 6.07) is 22.8. The number of hydrogen-bond donors (Lipinski definition) is 1. The highest BCUT2D eigenvalue weighted by molar-refractivity contribution is 6.18. The van der Waals surface area contributed by atoms with E-state index in [-0.39, 0.29) is 0 Å². The van der Waals surface area contributed by atoms with Gasteiger partial charge in [-0.2, -0.15) is 0 Å². The van der Waals surface area contributed by atoms with Crippen molar-refractivity contribution in [3.63, 3.8) is 0 Å². The summed E-state index contributed by atoms with van der Waals surface area (Å²) in [6.45, 7) is 0. The highest BCUT2D eigenvalue weighted by atomic mass is 16.3. The van der Waals surface area contributed by atoms with Crippen LogP contribution in [0.1, 0.15) is 0 Å². The molecule has 0 saturated heterocycles. The molecule has 0 unspecified atom stereocenters. The highest BCUT2D eigenvalue weighted by Crippen LogP contribution is 2.34. The van der Waals surface area contributed by atoms with Gasteiger partial charge in [0.2, 0.25) is 0 Å². The predicted octanol–water partition coefficient (Wildman–Crippen LogP) is 4.82. The lowest BCUT2D eigenvalue weighted by Crippen LogP contribution is -1.67. The van der Waals surface area contributed by atoms with Gasteiger partial charge >= 0.3 is 0 Å². The molecule has 0 radical (unpaired) electrons. The third-order valence-corrected chi connectivity index (χ3v) is 3.84. The van der Waals surface area contributed by atoms with Crippen molar-refractivity contribution >= 4 is 43.7 Å². The Kier molecular flexibility index (Phi) is 1.66. The lowest BCUT2D eigenvalue weighted by atomic mass is 10.1. The van der Waals surface area contributed by atoms with Crippen LogP contribution in [0.2, 0.25) is 0 Å². The van der Waals surface area contributed by atoms with E-state index in [0.717, 1.165) is 43.7 Å². The molecule has 2 aromatic heterocycles. The van der Waals surface area contributed by atoms with Crippen LogP contribution >= 0.6 is 0 Å². The summed E-state index contributed by atoms with van der Waals surface area (Å²) in [5.74, 6) is 0. The minimum Gasteiger partial charge on any atom is -0.453 e. The van der Waals surface area contributed by atoms with Gasteiger partial charge in [0, 0.05) is 16.3 Å². The van der Waals surface area contributed by atoms with Crippen LogP contribution in [0, 0.1) is 12.1 Å². The maximum absolute atomic E-state index is 6.01. The fraction of sp³-hybridized carbons (Fsp3) is 0. The first-order valence-corrected chi connectivity index (χ1v) is 6.56. The molecule has 5 aromatic rings. The smallest absolute Gasteiger partial charge is 0.168 e. The summed E-state index contributed by atoms with van der Waals surface area (Å²) < 4.78 is 6.01. The molecule has 5 rings (SSSR count). The summed E-state index contributed by atoms with van der Waals surface area (Å²) in [5.41, 5.74) is 3.84. The normalized spacial score (nSPS) is 11.6. The standard InChI is InChI=1S/C18H9NO/c1-3-7-15-11(5-1)13-9-10-14-12-6-2-4-8-16(12)20-18(14)17(13)19-15/h1-8,19H. The quantitative estimate of drug-likeness (QED) is 0.422. The summed E-state index contributed by atoms with van der Waals surface area (Å²) >= 11 is 0. The SMILES string of the molecule is c1c2c3ccccc3[nH]c2c2oc3ccccc3c2c#1. The minimum atomic E-state index is 0.858. The van der Waals surface area contributed by atoms with Gasteiger partial charge in [0.15, 0.2) is 5.58 Å². The average Bonchev–Trinajstić information content (AvgIpc) is 3.05. The van der Waals surface area contributed by atoms with E-state index < -0.39 is 0 Å². The van der Waals surface area contributed by atoms with Gasteiger partial charge in [-0.25, -0.2) is 0 Å². The molecular weight excluding hydrogens is 246 g/mol. The van der Waals surface area contributed by atoms with E-state index in [4.69, 9.17) is 4.42 Å². The van der Waals surface area contributed by atoms with Crippen molar-refractivity contribution in [1.82, 2.24) is 4.98 Å². The maximum Gasteiger partial charge on any atom is 0.168 e. The van der Waals surface area contributed by atoms with Crippen LogP contribution in [0.3, 0.4) is 0 Å². The highest BCUT2D eigenvalue weighted by Gasteiger charge is 2.12.